The van der Waals surface area contributed by atoms with Gasteiger partial charge in [0.25, 0.3) is 0 Å². The highest BCUT2D eigenvalue weighted by atomic mass is 32.1. The first kappa shape index (κ1) is 11.0. The van der Waals surface area contributed by atoms with Crippen LogP contribution in [0.2, 0.25) is 0 Å². The summed E-state index contributed by atoms with van der Waals surface area (Å²) in [7, 11) is 0. The molecule has 1 aromatic heterocycles. The Hall–Kier alpha value is -1.15. The van der Waals surface area contributed by atoms with E-state index in [4.69, 9.17) is 12.2 Å². The van der Waals surface area contributed by atoms with E-state index in [1.54, 1.807) is 0 Å². The van der Waals surface area contributed by atoms with Crippen LogP contribution in [0.15, 0.2) is 30.3 Å². The number of hydrogen-bond acceptors (Lipinski definition) is 1. The second-order valence-corrected chi connectivity index (χ2v) is 5.47. The van der Waals surface area contributed by atoms with E-state index < -0.39 is 0 Å². The lowest BCUT2D eigenvalue weighted by molar-refractivity contribution is 0.545. The zero-order chi connectivity index (χ0) is 11.7. The van der Waals surface area contributed by atoms with Crippen LogP contribution in [-0.4, -0.2) is 4.98 Å². The van der Waals surface area contributed by atoms with Gasteiger partial charge in [0.05, 0.1) is 0 Å². The molecular formula is C15H17NS. The Morgan fingerprint density at radius 2 is 1.94 bits per heavy atom. The molecule has 0 saturated heterocycles. The summed E-state index contributed by atoms with van der Waals surface area (Å²) >= 11 is 5.46. The molecule has 0 bridgehead atoms. The standard InChI is InChI=1S/C15H17NS/c17-15-13(9-11-5-1-2-6-11)10-12-7-3-4-8-14(12)16-15/h3-4,7-8,10-11H,1-2,5-6,9H2,(H,16,17). The average molecular weight is 243 g/mol. The maximum Gasteiger partial charge on any atom is 0.106 e. The van der Waals surface area contributed by atoms with Crippen LogP contribution < -0.4 is 0 Å². The normalized spacial score (nSPS) is 16.7. The van der Waals surface area contributed by atoms with Crippen LogP contribution in [0.25, 0.3) is 10.9 Å². The molecule has 0 amide bonds. The molecule has 0 radical (unpaired) electrons. The number of rotatable bonds is 2. The molecular weight excluding hydrogens is 226 g/mol. The maximum absolute atomic E-state index is 5.46. The molecule has 0 atom stereocenters. The van der Waals surface area contributed by atoms with Crippen molar-refractivity contribution >= 4 is 23.1 Å². The zero-order valence-corrected chi connectivity index (χ0v) is 10.7. The van der Waals surface area contributed by atoms with E-state index in [-0.39, 0.29) is 0 Å². The van der Waals surface area contributed by atoms with Crippen molar-refractivity contribution in [2.75, 3.05) is 0 Å². The summed E-state index contributed by atoms with van der Waals surface area (Å²) in [6, 6.07) is 10.6. The van der Waals surface area contributed by atoms with Crippen molar-refractivity contribution in [1.82, 2.24) is 4.98 Å². The fourth-order valence-corrected chi connectivity index (χ4v) is 3.12. The molecule has 1 nitrogen and oxygen atoms in total. The Morgan fingerprint density at radius 3 is 2.76 bits per heavy atom. The van der Waals surface area contributed by atoms with Crippen molar-refractivity contribution in [3.05, 3.63) is 40.5 Å². The predicted octanol–water partition coefficient (Wildman–Crippen LogP) is 4.63. The highest BCUT2D eigenvalue weighted by Gasteiger charge is 2.16. The summed E-state index contributed by atoms with van der Waals surface area (Å²) in [5, 5.41) is 1.27. The summed E-state index contributed by atoms with van der Waals surface area (Å²) in [5.41, 5.74) is 2.47. The van der Waals surface area contributed by atoms with Crippen LogP contribution in [0.1, 0.15) is 31.2 Å². The van der Waals surface area contributed by atoms with E-state index in [1.165, 1.54) is 36.6 Å². The molecule has 0 spiro atoms. The van der Waals surface area contributed by atoms with Crippen LogP contribution in [-0.2, 0) is 6.42 Å². The Balaban J connectivity index is 1.98. The van der Waals surface area contributed by atoms with Gasteiger partial charge in [-0.25, -0.2) is 0 Å². The largest absolute Gasteiger partial charge is 0.346 e. The minimum Gasteiger partial charge on any atom is -0.346 e. The molecule has 0 aliphatic heterocycles. The number of pyridine rings is 1. The number of aromatic amines is 1. The fraction of sp³-hybridized carbons (Fsp3) is 0.400. The summed E-state index contributed by atoms with van der Waals surface area (Å²) in [4.78, 5) is 3.35. The summed E-state index contributed by atoms with van der Waals surface area (Å²) in [6.07, 6.45) is 6.70. The van der Waals surface area contributed by atoms with Crippen molar-refractivity contribution in [2.24, 2.45) is 5.92 Å². The molecule has 3 rings (SSSR count). The van der Waals surface area contributed by atoms with E-state index in [2.05, 4.69) is 29.2 Å². The summed E-state index contributed by atoms with van der Waals surface area (Å²) < 4.78 is 0.926. The zero-order valence-electron chi connectivity index (χ0n) is 9.91. The van der Waals surface area contributed by atoms with Crippen LogP contribution in [0.5, 0.6) is 0 Å². The van der Waals surface area contributed by atoms with E-state index in [0.717, 1.165) is 22.5 Å². The van der Waals surface area contributed by atoms with E-state index in [9.17, 15) is 0 Å². The molecule has 1 fully saturated rings. The van der Waals surface area contributed by atoms with Crippen molar-refractivity contribution in [3.63, 3.8) is 0 Å². The monoisotopic (exact) mass is 243 g/mol. The molecule has 1 N–H and O–H groups in total. The maximum atomic E-state index is 5.46. The number of para-hydroxylation sites is 1. The third-order valence-corrected chi connectivity index (χ3v) is 4.18. The van der Waals surface area contributed by atoms with Crippen molar-refractivity contribution in [2.45, 2.75) is 32.1 Å². The minimum absolute atomic E-state index is 0.853. The van der Waals surface area contributed by atoms with Gasteiger partial charge in [0.15, 0.2) is 0 Å². The van der Waals surface area contributed by atoms with Crippen molar-refractivity contribution < 1.29 is 0 Å². The number of H-pyrrole nitrogens is 1. The molecule has 2 aromatic rings. The predicted molar refractivity (Wildman–Crippen MR) is 74.8 cm³/mol. The third kappa shape index (κ3) is 2.27. The lowest BCUT2D eigenvalue weighted by Gasteiger charge is -2.10. The average Bonchev–Trinajstić information content (AvgIpc) is 2.83. The molecule has 88 valence electrons. The van der Waals surface area contributed by atoms with Crippen molar-refractivity contribution in [1.29, 1.82) is 0 Å². The van der Waals surface area contributed by atoms with Gasteiger partial charge in [-0.1, -0.05) is 56.1 Å². The van der Waals surface area contributed by atoms with Crippen LogP contribution >= 0.6 is 12.2 Å². The Bertz CT molecular complexity index is 579. The molecule has 1 aromatic carbocycles. The number of nitrogens with one attached hydrogen (secondary N) is 1. The van der Waals surface area contributed by atoms with E-state index >= 15 is 0 Å². The first-order valence-electron chi connectivity index (χ1n) is 6.44. The lowest BCUT2D eigenvalue weighted by Crippen LogP contribution is -2.00. The van der Waals surface area contributed by atoms with Gasteiger partial charge in [-0.3, -0.25) is 0 Å². The Labute approximate surface area is 107 Å². The van der Waals surface area contributed by atoms with Crippen molar-refractivity contribution in [3.8, 4) is 0 Å². The first-order valence-corrected chi connectivity index (χ1v) is 6.85. The molecule has 1 heterocycles. The van der Waals surface area contributed by atoms with Gasteiger partial charge in [0, 0.05) is 5.52 Å². The second-order valence-electron chi connectivity index (χ2n) is 5.07. The SMILES string of the molecule is S=c1[nH]c2ccccc2cc1CC1CCCC1. The smallest absolute Gasteiger partial charge is 0.106 e. The molecule has 1 aliphatic rings. The highest BCUT2D eigenvalue weighted by Crippen LogP contribution is 2.28. The van der Waals surface area contributed by atoms with Crippen LogP contribution in [0.3, 0.4) is 0 Å². The van der Waals surface area contributed by atoms with Gasteiger partial charge in [-0.2, -0.15) is 0 Å². The highest BCUT2D eigenvalue weighted by molar-refractivity contribution is 7.71. The Kier molecular flexibility index (Phi) is 2.98. The number of fused-ring (bicyclic) bond motifs is 1. The second kappa shape index (κ2) is 4.61. The summed E-state index contributed by atoms with van der Waals surface area (Å²) in [5.74, 6) is 0.853. The molecule has 1 saturated carbocycles. The molecule has 17 heavy (non-hydrogen) atoms. The van der Waals surface area contributed by atoms with E-state index in [0.29, 0.717) is 0 Å². The molecule has 1 aliphatic carbocycles. The molecule has 0 unspecified atom stereocenters. The van der Waals surface area contributed by atoms with Crippen LogP contribution in [0.4, 0.5) is 0 Å². The third-order valence-electron chi connectivity index (χ3n) is 3.81. The fourth-order valence-electron chi connectivity index (χ4n) is 2.87. The first-order chi connectivity index (χ1) is 8.33. The van der Waals surface area contributed by atoms with E-state index in [1.807, 2.05) is 6.07 Å². The Morgan fingerprint density at radius 1 is 1.18 bits per heavy atom. The lowest BCUT2D eigenvalue weighted by atomic mass is 9.98. The van der Waals surface area contributed by atoms with Gasteiger partial charge in [-0.15, -0.1) is 0 Å². The minimum atomic E-state index is 0.853. The number of benzene rings is 1. The summed E-state index contributed by atoms with van der Waals surface area (Å²) in [6.45, 7) is 0. The number of hydrogen-bond donors (Lipinski definition) is 1. The van der Waals surface area contributed by atoms with Gasteiger partial charge in [0.1, 0.15) is 4.64 Å². The quantitative estimate of drug-likeness (QED) is 0.760. The van der Waals surface area contributed by atoms with Gasteiger partial charge < -0.3 is 4.98 Å². The van der Waals surface area contributed by atoms with Gasteiger partial charge in [0.2, 0.25) is 0 Å². The van der Waals surface area contributed by atoms with Gasteiger partial charge >= 0.3 is 0 Å². The van der Waals surface area contributed by atoms with Crippen LogP contribution in [0, 0.1) is 10.6 Å². The number of aromatic nitrogens is 1. The van der Waals surface area contributed by atoms with Gasteiger partial charge in [-0.05, 0) is 35.4 Å². The topological polar surface area (TPSA) is 15.8 Å². The molecule has 2 heteroatoms.